The minimum absolute atomic E-state index is 0.203. The fraction of sp³-hybridized carbons (Fsp3) is 0.167. The van der Waals surface area contributed by atoms with Gasteiger partial charge in [0.2, 0.25) is 0 Å². The zero-order valence-electron chi connectivity index (χ0n) is 13.0. The molecule has 0 saturated heterocycles. The van der Waals surface area contributed by atoms with Gasteiger partial charge in [0.25, 0.3) is 0 Å². The van der Waals surface area contributed by atoms with Gasteiger partial charge >= 0.3 is 12.3 Å². The predicted molar refractivity (Wildman–Crippen MR) is 86.9 cm³/mol. The summed E-state index contributed by atoms with van der Waals surface area (Å²) in [5.74, 6) is 0. The van der Waals surface area contributed by atoms with Crippen molar-refractivity contribution in [2.45, 2.75) is 18.7 Å². The maximum absolute atomic E-state index is 12.9. The van der Waals surface area contributed by atoms with Gasteiger partial charge < -0.3 is 15.5 Å². The Balaban J connectivity index is 1.96. The third-order valence-corrected chi connectivity index (χ3v) is 3.92. The van der Waals surface area contributed by atoms with Crippen LogP contribution in [0.4, 0.5) is 18.0 Å². The number of rotatable bonds is 4. The number of alkyl halides is 3. The van der Waals surface area contributed by atoms with Crippen LogP contribution >= 0.6 is 0 Å². The van der Waals surface area contributed by atoms with Crippen molar-refractivity contribution >= 4 is 17.0 Å². The molecule has 0 saturated carbocycles. The first-order valence-corrected chi connectivity index (χ1v) is 7.53. The molecule has 1 heterocycles. The number of amides is 1. The van der Waals surface area contributed by atoms with Crippen molar-refractivity contribution in [3.05, 3.63) is 71.4 Å². The molecule has 0 bridgehead atoms. The molecule has 3 aromatic rings. The lowest BCUT2D eigenvalue weighted by Gasteiger charge is -2.18. The number of ether oxygens (including phenoxy) is 1. The minimum Gasteiger partial charge on any atom is -0.441 e. The molecule has 3 rings (SSSR count). The molecule has 25 heavy (non-hydrogen) atoms. The molecule has 7 heteroatoms. The first kappa shape index (κ1) is 16.9. The molecule has 3 N–H and O–H groups in total. The van der Waals surface area contributed by atoms with Gasteiger partial charge in [-0.2, -0.15) is 13.2 Å². The van der Waals surface area contributed by atoms with Crippen molar-refractivity contribution in [2.24, 2.45) is 5.73 Å². The van der Waals surface area contributed by atoms with Crippen LogP contribution in [0.25, 0.3) is 10.9 Å². The molecule has 4 nitrogen and oxygen atoms in total. The average molecular weight is 348 g/mol. The quantitative estimate of drug-likeness (QED) is 0.725. The van der Waals surface area contributed by atoms with Crippen LogP contribution in [0.15, 0.2) is 54.7 Å². The third-order valence-electron chi connectivity index (χ3n) is 3.92. The summed E-state index contributed by atoms with van der Waals surface area (Å²) in [4.78, 5) is 14.3. The summed E-state index contributed by atoms with van der Waals surface area (Å²) < 4.78 is 43.9. The fourth-order valence-corrected chi connectivity index (χ4v) is 2.78. The summed E-state index contributed by atoms with van der Waals surface area (Å²) in [6.45, 7) is 0. The molecule has 130 valence electrons. The fourth-order valence-electron chi connectivity index (χ4n) is 2.78. The molecule has 1 unspecified atom stereocenters. The van der Waals surface area contributed by atoms with Crippen molar-refractivity contribution in [2.75, 3.05) is 0 Å². The molecule has 0 aliphatic carbocycles. The van der Waals surface area contributed by atoms with Crippen LogP contribution in [0.3, 0.4) is 0 Å². The Morgan fingerprint density at radius 1 is 1.16 bits per heavy atom. The van der Waals surface area contributed by atoms with Gasteiger partial charge in [0.1, 0.15) is 6.10 Å². The van der Waals surface area contributed by atoms with E-state index in [0.29, 0.717) is 0 Å². The molecule has 1 aromatic heterocycles. The highest BCUT2D eigenvalue weighted by molar-refractivity contribution is 5.83. The molecular formula is C18H15F3N2O2. The average Bonchev–Trinajstić information content (AvgIpc) is 2.96. The number of aromatic nitrogens is 1. The lowest BCUT2D eigenvalue weighted by molar-refractivity contribution is -0.137. The standard InChI is InChI=1S/C18H15F3N2O2/c19-18(20,21)13-5-3-4-11(8-13)16(25-17(22)24)9-12-10-23-15-7-2-1-6-14(12)15/h1-8,10,16,23H,9H2,(H2,22,24). The number of halogens is 3. The number of fused-ring (bicyclic) bond motifs is 1. The normalized spacial score (nSPS) is 12.9. The number of H-pyrrole nitrogens is 1. The third kappa shape index (κ3) is 3.76. The topological polar surface area (TPSA) is 68.1 Å². The van der Waals surface area contributed by atoms with Crippen LogP contribution < -0.4 is 5.73 Å². The van der Waals surface area contributed by atoms with E-state index in [0.717, 1.165) is 28.6 Å². The highest BCUT2D eigenvalue weighted by atomic mass is 19.4. The van der Waals surface area contributed by atoms with E-state index >= 15 is 0 Å². The van der Waals surface area contributed by atoms with Crippen LogP contribution in [0.1, 0.15) is 22.8 Å². The van der Waals surface area contributed by atoms with Gasteiger partial charge in [-0.3, -0.25) is 0 Å². The number of benzene rings is 2. The number of para-hydroxylation sites is 1. The summed E-state index contributed by atoms with van der Waals surface area (Å²) in [7, 11) is 0. The Kier molecular flexibility index (Phi) is 4.39. The molecule has 1 atom stereocenters. The number of primary amides is 1. The van der Waals surface area contributed by atoms with Crippen molar-refractivity contribution in [1.82, 2.24) is 4.98 Å². The van der Waals surface area contributed by atoms with Crippen molar-refractivity contribution < 1.29 is 22.7 Å². The second-order valence-electron chi connectivity index (χ2n) is 5.61. The minimum atomic E-state index is -4.48. The largest absolute Gasteiger partial charge is 0.441 e. The Bertz CT molecular complexity index is 902. The first-order valence-electron chi connectivity index (χ1n) is 7.53. The highest BCUT2D eigenvalue weighted by Gasteiger charge is 2.31. The van der Waals surface area contributed by atoms with Gasteiger partial charge in [-0.1, -0.05) is 30.3 Å². The first-order chi connectivity index (χ1) is 11.8. The Morgan fingerprint density at radius 3 is 2.64 bits per heavy atom. The molecule has 0 spiro atoms. The SMILES string of the molecule is NC(=O)OC(Cc1c[nH]c2ccccc12)c1cccc(C(F)(F)F)c1. The van der Waals surface area contributed by atoms with E-state index in [2.05, 4.69) is 4.98 Å². The number of hydrogen-bond donors (Lipinski definition) is 2. The molecular weight excluding hydrogens is 333 g/mol. The van der Waals surface area contributed by atoms with Gasteiger partial charge in [0.05, 0.1) is 5.56 Å². The van der Waals surface area contributed by atoms with Crippen molar-refractivity contribution in [3.8, 4) is 0 Å². The summed E-state index contributed by atoms with van der Waals surface area (Å²) in [5, 5.41) is 0.910. The molecule has 0 aliphatic rings. The smallest absolute Gasteiger partial charge is 0.416 e. The lowest BCUT2D eigenvalue weighted by atomic mass is 9.99. The zero-order valence-corrected chi connectivity index (χ0v) is 13.0. The van der Waals surface area contributed by atoms with E-state index in [1.54, 1.807) is 6.20 Å². The van der Waals surface area contributed by atoms with Gasteiger partial charge in [-0.05, 0) is 29.3 Å². The molecule has 1 amide bonds. The zero-order chi connectivity index (χ0) is 18.0. The van der Waals surface area contributed by atoms with Crippen LogP contribution in [0, 0.1) is 0 Å². The second kappa shape index (κ2) is 6.51. The number of carbonyl (C=O) groups is 1. The molecule has 0 fully saturated rings. The maximum atomic E-state index is 12.9. The van der Waals surface area contributed by atoms with Gasteiger partial charge in [0.15, 0.2) is 0 Å². The summed E-state index contributed by atoms with van der Waals surface area (Å²) in [5.41, 5.74) is 6.24. The number of aromatic amines is 1. The summed E-state index contributed by atoms with van der Waals surface area (Å²) in [6, 6.07) is 12.2. The van der Waals surface area contributed by atoms with Gasteiger partial charge in [0, 0.05) is 23.5 Å². The van der Waals surface area contributed by atoms with Crippen LogP contribution in [-0.4, -0.2) is 11.1 Å². The summed E-state index contributed by atoms with van der Waals surface area (Å²) in [6.07, 6.45) is -4.49. The van der Waals surface area contributed by atoms with E-state index in [-0.39, 0.29) is 12.0 Å². The Morgan fingerprint density at radius 2 is 1.92 bits per heavy atom. The van der Waals surface area contributed by atoms with E-state index in [4.69, 9.17) is 10.5 Å². The van der Waals surface area contributed by atoms with E-state index in [1.807, 2.05) is 24.3 Å². The van der Waals surface area contributed by atoms with Crippen LogP contribution in [0.2, 0.25) is 0 Å². The predicted octanol–water partition coefficient (Wildman–Crippen LogP) is 4.57. The lowest BCUT2D eigenvalue weighted by Crippen LogP contribution is -2.19. The Labute approximate surface area is 141 Å². The molecule has 2 aromatic carbocycles. The molecule has 0 aliphatic heterocycles. The van der Waals surface area contributed by atoms with Crippen LogP contribution in [-0.2, 0) is 17.3 Å². The van der Waals surface area contributed by atoms with Gasteiger partial charge in [-0.15, -0.1) is 0 Å². The summed E-state index contributed by atoms with van der Waals surface area (Å²) >= 11 is 0. The Hall–Kier alpha value is -2.96. The number of nitrogens with one attached hydrogen (secondary N) is 1. The van der Waals surface area contributed by atoms with E-state index in [1.165, 1.54) is 12.1 Å². The molecule has 0 radical (unpaired) electrons. The highest BCUT2D eigenvalue weighted by Crippen LogP contribution is 2.33. The van der Waals surface area contributed by atoms with Gasteiger partial charge in [-0.25, -0.2) is 4.79 Å². The maximum Gasteiger partial charge on any atom is 0.416 e. The number of nitrogens with two attached hydrogens (primary N) is 1. The monoisotopic (exact) mass is 348 g/mol. The van der Waals surface area contributed by atoms with Crippen molar-refractivity contribution in [1.29, 1.82) is 0 Å². The van der Waals surface area contributed by atoms with E-state index < -0.39 is 23.9 Å². The van der Waals surface area contributed by atoms with Crippen molar-refractivity contribution in [3.63, 3.8) is 0 Å². The number of carbonyl (C=O) groups excluding carboxylic acids is 1. The number of hydrogen-bond acceptors (Lipinski definition) is 2. The second-order valence-corrected chi connectivity index (χ2v) is 5.61. The van der Waals surface area contributed by atoms with E-state index in [9.17, 15) is 18.0 Å². The van der Waals surface area contributed by atoms with Crippen LogP contribution in [0.5, 0.6) is 0 Å².